The molecule has 0 bridgehead atoms. The number of rotatable bonds is 5. The third kappa shape index (κ3) is 5.34. The van der Waals surface area contributed by atoms with Crippen LogP contribution >= 0.6 is 11.3 Å². The fourth-order valence-corrected chi connectivity index (χ4v) is 7.03. The minimum atomic E-state index is -3.76. The minimum Gasteiger partial charge on any atom is -0.450 e. The number of benzene rings is 1. The summed E-state index contributed by atoms with van der Waals surface area (Å²) in [7, 11) is -3.76. The Morgan fingerprint density at radius 3 is 2.43 bits per heavy atom. The summed E-state index contributed by atoms with van der Waals surface area (Å²) in [5.74, 6) is -0.384. The van der Waals surface area contributed by atoms with Crippen molar-refractivity contribution in [2.45, 2.75) is 43.9 Å². The summed E-state index contributed by atoms with van der Waals surface area (Å²) >= 11 is 1.46. The molecule has 1 N–H and O–H groups in total. The van der Waals surface area contributed by atoms with Crippen molar-refractivity contribution in [1.82, 2.24) is 9.21 Å². The van der Waals surface area contributed by atoms with Gasteiger partial charge < -0.3 is 15.0 Å². The Hall–Kier alpha value is -2.94. The lowest BCUT2D eigenvalue weighted by Gasteiger charge is -2.33. The number of anilines is 1. The van der Waals surface area contributed by atoms with Crippen molar-refractivity contribution in [3.8, 4) is 6.07 Å². The average molecular weight is 517 g/mol. The van der Waals surface area contributed by atoms with Gasteiger partial charge in [0.05, 0.1) is 17.1 Å². The normalized spacial score (nSPS) is 16.6. The molecule has 35 heavy (non-hydrogen) atoms. The van der Waals surface area contributed by atoms with Crippen LogP contribution < -0.4 is 5.32 Å². The molecule has 1 fully saturated rings. The fraction of sp³-hybridized carbons (Fsp3) is 0.458. The van der Waals surface area contributed by atoms with Gasteiger partial charge >= 0.3 is 6.09 Å². The first kappa shape index (κ1) is 25.2. The van der Waals surface area contributed by atoms with Gasteiger partial charge in [0.2, 0.25) is 10.0 Å². The number of piperazine rings is 1. The van der Waals surface area contributed by atoms with E-state index in [1.54, 1.807) is 6.92 Å². The molecule has 1 aliphatic carbocycles. The molecule has 11 heteroatoms. The summed E-state index contributed by atoms with van der Waals surface area (Å²) in [6, 6.07) is 8.02. The van der Waals surface area contributed by atoms with Crippen LogP contribution in [0.1, 0.15) is 52.5 Å². The fourth-order valence-electron chi connectivity index (χ4n) is 4.38. The molecule has 2 aromatic rings. The van der Waals surface area contributed by atoms with Crippen LogP contribution in [0, 0.1) is 11.3 Å². The van der Waals surface area contributed by atoms with Gasteiger partial charge in [-0.05, 0) is 62.4 Å². The van der Waals surface area contributed by atoms with Crippen molar-refractivity contribution in [3.63, 3.8) is 0 Å². The summed E-state index contributed by atoms with van der Waals surface area (Å²) in [5, 5.41) is 13.1. The number of fused-ring (bicyclic) bond motifs is 1. The lowest BCUT2D eigenvalue weighted by molar-refractivity contribution is 0.0933. The molecule has 2 aliphatic rings. The molecular weight excluding hydrogens is 488 g/mol. The predicted molar refractivity (Wildman–Crippen MR) is 132 cm³/mol. The molecule has 0 atom stereocenters. The zero-order chi connectivity index (χ0) is 25.0. The molecular formula is C24H28N4O5S2. The van der Waals surface area contributed by atoms with Gasteiger partial charge in [0, 0.05) is 36.6 Å². The summed E-state index contributed by atoms with van der Waals surface area (Å²) in [6.07, 6.45) is 4.60. The molecule has 0 radical (unpaired) electrons. The number of hydrogen-bond acceptors (Lipinski definition) is 7. The lowest BCUT2D eigenvalue weighted by atomic mass is 10.1. The molecule has 1 aliphatic heterocycles. The van der Waals surface area contributed by atoms with Crippen LogP contribution in [-0.4, -0.2) is 62.4 Å². The van der Waals surface area contributed by atoms with E-state index in [4.69, 9.17) is 4.74 Å². The second-order valence-corrected chi connectivity index (χ2v) is 11.5. The third-order valence-corrected chi connectivity index (χ3v) is 9.40. The van der Waals surface area contributed by atoms with Crippen LogP contribution in [-0.2, 0) is 27.6 Å². The first-order valence-corrected chi connectivity index (χ1v) is 14.0. The van der Waals surface area contributed by atoms with Crippen LogP contribution in [0.4, 0.5) is 9.80 Å². The Morgan fingerprint density at radius 2 is 1.77 bits per heavy atom. The van der Waals surface area contributed by atoms with Crippen molar-refractivity contribution in [2.24, 2.45) is 0 Å². The molecule has 1 aromatic carbocycles. The van der Waals surface area contributed by atoms with Crippen molar-refractivity contribution in [1.29, 1.82) is 5.26 Å². The third-order valence-electron chi connectivity index (χ3n) is 6.28. The maximum absolute atomic E-state index is 13.0. The largest absolute Gasteiger partial charge is 0.450 e. The summed E-state index contributed by atoms with van der Waals surface area (Å²) in [4.78, 5) is 27.4. The molecule has 186 valence electrons. The van der Waals surface area contributed by atoms with Crippen molar-refractivity contribution in [3.05, 3.63) is 45.8 Å². The topological polar surface area (TPSA) is 120 Å². The van der Waals surface area contributed by atoms with E-state index >= 15 is 0 Å². The maximum Gasteiger partial charge on any atom is 0.409 e. The Balaban J connectivity index is 1.43. The Morgan fingerprint density at radius 1 is 1.09 bits per heavy atom. The number of nitrogens with zero attached hydrogens (tertiary/aromatic N) is 3. The summed E-state index contributed by atoms with van der Waals surface area (Å²) in [5.41, 5.74) is 1.90. The smallest absolute Gasteiger partial charge is 0.409 e. The van der Waals surface area contributed by atoms with E-state index in [0.29, 0.717) is 16.1 Å². The van der Waals surface area contributed by atoms with Gasteiger partial charge in [-0.15, -0.1) is 11.3 Å². The highest BCUT2D eigenvalue weighted by Crippen LogP contribution is 2.37. The van der Waals surface area contributed by atoms with Crippen LogP contribution in [0.15, 0.2) is 29.2 Å². The standard InChI is InChI=1S/C24H28N4O5S2/c1-2-33-24(30)27-12-14-28(15-13-27)35(31,32)18-10-8-17(9-11-18)22(29)26-23-20(16-25)19-6-4-3-5-7-21(19)34-23/h8-11H,2-7,12-15H2,1H3,(H,26,29). The van der Waals surface area contributed by atoms with Crippen molar-refractivity contribution in [2.75, 3.05) is 38.1 Å². The highest BCUT2D eigenvalue weighted by atomic mass is 32.2. The minimum absolute atomic E-state index is 0.0826. The van der Waals surface area contributed by atoms with Gasteiger partial charge in [-0.25, -0.2) is 13.2 Å². The van der Waals surface area contributed by atoms with Crippen molar-refractivity contribution >= 4 is 38.4 Å². The number of nitriles is 1. The number of carbonyl (C=O) groups excluding carboxylic acids is 2. The zero-order valence-corrected chi connectivity index (χ0v) is 21.2. The maximum atomic E-state index is 13.0. The highest BCUT2D eigenvalue weighted by molar-refractivity contribution is 7.89. The Labute approximate surface area is 209 Å². The quantitative estimate of drug-likeness (QED) is 0.607. The Kier molecular flexibility index (Phi) is 7.74. The summed E-state index contributed by atoms with van der Waals surface area (Å²) in [6.45, 7) is 2.84. The van der Waals surface area contributed by atoms with Crippen LogP contribution in [0.2, 0.25) is 0 Å². The van der Waals surface area contributed by atoms with E-state index in [1.165, 1.54) is 49.7 Å². The average Bonchev–Trinajstić information content (AvgIpc) is 3.02. The van der Waals surface area contributed by atoms with Gasteiger partial charge in [0.25, 0.3) is 5.91 Å². The number of carbonyl (C=O) groups is 2. The van der Waals surface area contributed by atoms with E-state index in [1.807, 2.05) is 0 Å². The Bertz CT molecular complexity index is 1240. The number of ether oxygens (including phenoxy) is 1. The predicted octanol–water partition coefficient (Wildman–Crippen LogP) is 3.60. The van der Waals surface area contributed by atoms with Gasteiger partial charge in [-0.1, -0.05) is 6.42 Å². The second kappa shape index (κ2) is 10.8. The van der Waals surface area contributed by atoms with Gasteiger partial charge in [0.1, 0.15) is 11.1 Å². The lowest BCUT2D eigenvalue weighted by Crippen LogP contribution is -2.50. The molecule has 2 amide bonds. The van der Waals surface area contributed by atoms with Crippen LogP contribution in [0.25, 0.3) is 0 Å². The van der Waals surface area contributed by atoms with E-state index in [9.17, 15) is 23.3 Å². The number of hydrogen-bond donors (Lipinski definition) is 1. The second-order valence-electron chi connectivity index (χ2n) is 8.45. The molecule has 0 spiro atoms. The number of nitrogens with one attached hydrogen (secondary N) is 1. The molecule has 1 saturated heterocycles. The van der Waals surface area contributed by atoms with Gasteiger partial charge in [-0.3, -0.25) is 4.79 Å². The SMILES string of the molecule is CCOC(=O)N1CCN(S(=O)(=O)c2ccc(C(=O)Nc3sc4c(c3C#N)CCCCC4)cc2)CC1. The molecule has 2 heterocycles. The number of aryl methyl sites for hydroxylation is 1. The first-order valence-electron chi connectivity index (χ1n) is 11.7. The van der Waals surface area contributed by atoms with Crippen LogP contribution in [0.3, 0.4) is 0 Å². The molecule has 0 unspecified atom stereocenters. The van der Waals surface area contributed by atoms with E-state index in [-0.39, 0.29) is 43.6 Å². The van der Waals surface area contributed by atoms with Crippen molar-refractivity contribution < 1.29 is 22.7 Å². The van der Waals surface area contributed by atoms with E-state index < -0.39 is 16.1 Å². The number of sulfonamides is 1. The first-order chi connectivity index (χ1) is 16.8. The van der Waals surface area contributed by atoms with Gasteiger partial charge in [-0.2, -0.15) is 9.57 Å². The molecule has 0 saturated carbocycles. The molecule has 9 nitrogen and oxygen atoms in total. The number of thiophene rings is 1. The molecule has 1 aromatic heterocycles. The number of amides is 2. The summed E-state index contributed by atoms with van der Waals surface area (Å²) < 4.78 is 32.4. The monoisotopic (exact) mass is 516 g/mol. The van der Waals surface area contributed by atoms with E-state index in [0.717, 1.165) is 37.7 Å². The highest BCUT2D eigenvalue weighted by Gasteiger charge is 2.31. The van der Waals surface area contributed by atoms with Gasteiger partial charge in [0.15, 0.2) is 0 Å². The molecule has 4 rings (SSSR count). The van der Waals surface area contributed by atoms with E-state index in [2.05, 4.69) is 11.4 Å². The van der Waals surface area contributed by atoms with Crippen LogP contribution in [0.5, 0.6) is 0 Å². The zero-order valence-electron chi connectivity index (χ0n) is 19.6.